The molecule has 0 heterocycles. The van der Waals surface area contributed by atoms with Crippen LogP contribution in [0.4, 0.5) is 0 Å². The maximum absolute atomic E-state index is 12.0. The lowest BCUT2D eigenvalue weighted by atomic mass is 10.1. The van der Waals surface area contributed by atoms with Crippen LogP contribution in [0.5, 0.6) is 17.2 Å². The number of hydrogen-bond donors (Lipinski definition) is 2. The second-order valence-electron chi connectivity index (χ2n) is 6.86. The number of unbranched alkanes of at least 4 members (excludes halogenated alkanes) is 3. The predicted octanol–water partition coefficient (Wildman–Crippen LogP) is 4.73. The molecule has 0 aliphatic carbocycles. The molecule has 0 fully saturated rings. The maximum atomic E-state index is 12.0. The summed E-state index contributed by atoms with van der Waals surface area (Å²) in [5.41, 5.74) is 1.94. The van der Waals surface area contributed by atoms with Crippen LogP contribution in [-0.4, -0.2) is 31.3 Å². The molecule has 0 aromatic heterocycles. The fourth-order valence-electron chi connectivity index (χ4n) is 2.84. The van der Waals surface area contributed by atoms with Crippen molar-refractivity contribution in [1.29, 1.82) is 0 Å². The third-order valence-electron chi connectivity index (χ3n) is 4.52. The monoisotopic (exact) mass is 397 g/mol. The lowest BCUT2D eigenvalue weighted by molar-refractivity contribution is -0.116. The standard InChI is InChI=1S/C24H31NO4/c1-3-4-5-6-17-29-23-18-20(9-13-22(23)28-2)10-14-24(27)25-16-15-19-7-11-21(26)12-8-19/h7-14,18,26H,3-6,15-17H2,1-2H3,(H,25,27). The topological polar surface area (TPSA) is 67.8 Å². The van der Waals surface area contributed by atoms with Gasteiger partial charge >= 0.3 is 0 Å². The molecule has 0 spiro atoms. The van der Waals surface area contributed by atoms with Gasteiger partial charge in [-0.3, -0.25) is 4.79 Å². The van der Waals surface area contributed by atoms with Gasteiger partial charge in [0.2, 0.25) is 5.91 Å². The van der Waals surface area contributed by atoms with E-state index in [0.29, 0.717) is 31.1 Å². The largest absolute Gasteiger partial charge is 0.508 e. The smallest absolute Gasteiger partial charge is 0.244 e. The molecule has 0 bridgehead atoms. The maximum Gasteiger partial charge on any atom is 0.244 e. The van der Waals surface area contributed by atoms with Crippen molar-refractivity contribution in [1.82, 2.24) is 5.32 Å². The number of methoxy groups -OCH3 is 1. The third-order valence-corrected chi connectivity index (χ3v) is 4.52. The minimum Gasteiger partial charge on any atom is -0.508 e. The molecule has 156 valence electrons. The van der Waals surface area contributed by atoms with Gasteiger partial charge in [0.15, 0.2) is 11.5 Å². The summed E-state index contributed by atoms with van der Waals surface area (Å²) in [6.07, 6.45) is 8.57. The van der Waals surface area contributed by atoms with Gasteiger partial charge in [0.25, 0.3) is 0 Å². The lowest BCUT2D eigenvalue weighted by Gasteiger charge is -2.11. The van der Waals surface area contributed by atoms with E-state index >= 15 is 0 Å². The molecule has 0 aliphatic rings. The van der Waals surface area contributed by atoms with Crippen molar-refractivity contribution in [3.63, 3.8) is 0 Å². The Morgan fingerprint density at radius 1 is 1.07 bits per heavy atom. The first-order valence-electron chi connectivity index (χ1n) is 10.2. The Labute approximate surface area is 173 Å². The molecular weight excluding hydrogens is 366 g/mol. The molecule has 0 unspecified atom stereocenters. The van der Waals surface area contributed by atoms with Gasteiger partial charge in [0.1, 0.15) is 5.75 Å². The highest BCUT2D eigenvalue weighted by Gasteiger charge is 2.05. The van der Waals surface area contributed by atoms with Gasteiger partial charge in [0.05, 0.1) is 13.7 Å². The molecule has 0 saturated heterocycles. The van der Waals surface area contributed by atoms with Gasteiger partial charge in [-0.25, -0.2) is 0 Å². The summed E-state index contributed by atoms with van der Waals surface area (Å²) in [4.78, 5) is 12.0. The minimum absolute atomic E-state index is 0.151. The zero-order valence-corrected chi connectivity index (χ0v) is 17.3. The van der Waals surface area contributed by atoms with Crippen molar-refractivity contribution < 1.29 is 19.4 Å². The summed E-state index contributed by atoms with van der Waals surface area (Å²) in [5.74, 6) is 1.47. The number of ether oxygens (including phenoxy) is 2. The minimum atomic E-state index is -0.151. The van der Waals surface area contributed by atoms with Crippen molar-refractivity contribution >= 4 is 12.0 Å². The summed E-state index contributed by atoms with van der Waals surface area (Å²) in [6.45, 7) is 3.37. The molecule has 0 atom stereocenters. The van der Waals surface area contributed by atoms with Crippen molar-refractivity contribution in [3.05, 3.63) is 59.7 Å². The van der Waals surface area contributed by atoms with Crippen LogP contribution in [0.15, 0.2) is 48.5 Å². The summed E-state index contributed by atoms with van der Waals surface area (Å²) < 4.78 is 11.2. The average Bonchev–Trinajstić information content (AvgIpc) is 2.73. The number of amides is 1. The first-order chi connectivity index (χ1) is 14.1. The van der Waals surface area contributed by atoms with E-state index in [-0.39, 0.29) is 11.7 Å². The van der Waals surface area contributed by atoms with Crippen LogP contribution in [0.25, 0.3) is 6.08 Å². The van der Waals surface area contributed by atoms with Crippen LogP contribution in [0.1, 0.15) is 43.7 Å². The zero-order valence-electron chi connectivity index (χ0n) is 17.3. The van der Waals surface area contributed by atoms with Crippen LogP contribution in [-0.2, 0) is 11.2 Å². The fourth-order valence-corrected chi connectivity index (χ4v) is 2.84. The Morgan fingerprint density at radius 2 is 1.86 bits per heavy atom. The molecular formula is C24H31NO4. The van der Waals surface area contributed by atoms with E-state index in [1.807, 2.05) is 30.3 Å². The van der Waals surface area contributed by atoms with E-state index in [9.17, 15) is 9.90 Å². The first-order valence-corrected chi connectivity index (χ1v) is 10.2. The fraction of sp³-hybridized carbons (Fsp3) is 0.375. The van der Waals surface area contributed by atoms with Gasteiger partial charge in [-0.15, -0.1) is 0 Å². The molecule has 2 aromatic rings. The molecule has 0 saturated carbocycles. The Kier molecular flexibility index (Phi) is 9.63. The summed E-state index contributed by atoms with van der Waals surface area (Å²) in [5, 5.41) is 12.2. The van der Waals surface area contributed by atoms with Gasteiger partial charge in [0, 0.05) is 12.6 Å². The Hall–Kier alpha value is -2.95. The quantitative estimate of drug-likeness (QED) is 0.401. The lowest BCUT2D eigenvalue weighted by Crippen LogP contribution is -2.23. The number of phenols is 1. The average molecular weight is 398 g/mol. The van der Waals surface area contributed by atoms with E-state index in [4.69, 9.17) is 9.47 Å². The molecule has 2 rings (SSSR count). The van der Waals surface area contributed by atoms with Crippen LogP contribution in [0, 0.1) is 0 Å². The van der Waals surface area contributed by atoms with Crippen molar-refractivity contribution in [2.45, 2.75) is 39.0 Å². The molecule has 5 heteroatoms. The molecule has 2 N–H and O–H groups in total. The summed E-state index contributed by atoms with van der Waals surface area (Å²) >= 11 is 0. The number of aromatic hydroxyl groups is 1. The van der Waals surface area contributed by atoms with E-state index in [1.54, 1.807) is 25.3 Å². The Morgan fingerprint density at radius 3 is 2.59 bits per heavy atom. The molecule has 5 nitrogen and oxygen atoms in total. The van der Waals surface area contributed by atoms with Crippen LogP contribution < -0.4 is 14.8 Å². The van der Waals surface area contributed by atoms with Crippen molar-refractivity contribution in [2.75, 3.05) is 20.3 Å². The van der Waals surface area contributed by atoms with Gasteiger partial charge < -0.3 is 19.9 Å². The highest BCUT2D eigenvalue weighted by Crippen LogP contribution is 2.28. The second kappa shape index (κ2) is 12.5. The van der Waals surface area contributed by atoms with Gasteiger partial charge in [-0.05, 0) is 54.3 Å². The number of phenolic OH excluding ortho intramolecular Hbond substituents is 1. The number of carbonyl (C=O) groups is 1. The zero-order chi connectivity index (χ0) is 20.9. The number of carbonyl (C=O) groups excluding carboxylic acids is 1. The highest BCUT2D eigenvalue weighted by molar-refractivity contribution is 5.91. The van der Waals surface area contributed by atoms with Crippen molar-refractivity contribution in [3.8, 4) is 17.2 Å². The second-order valence-corrected chi connectivity index (χ2v) is 6.86. The molecule has 29 heavy (non-hydrogen) atoms. The molecule has 0 radical (unpaired) electrons. The van der Waals surface area contributed by atoms with E-state index in [0.717, 1.165) is 24.0 Å². The van der Waals surface area contributed by atoms with Gasteiger partial charge in [-0.1, -0.05) is 44.4 Å². The SMILES string of the molecule is CCCCCCOc1cc(C=CC(=O)NCCc2ccc(O)cc2)ccc1OC. The predicted molar refractivity (Wildman–Crippen MR) is 116 cm³/mol. The van der Waals surface area contributed by atoms with E-state index in [2.05, 4.69) is 12.2 Å². The normalized spacial score (nSPS) is 10.8. The molecule has 0 aliphatic heterocycles. The van der Waals surface area contributed by atoms with E-state index in [1.165, 1.54) is 18.9 Å². The van der Waals surface area contributed by atoms with E-state index < -0.39 is 0 Å². The third kappa shape index (κ3) is 8.30. The highest BCUT2D eigenvalue weighted by atomic mass is 16.5. The summed E-state index contributed by atoms with van der Waals surface area (Å²) in [6, 6.07) is 12.6. The van der Waals surface area contributed by atoms with Crippen LogP contribution in [0.3, 0.4) is 0 Å². The molecule has 1 amide bonds. The Balaban J connectivity index is 1.83. The van der Waals surface area contributed by atoms with Crippen molar-refractivity contribution in [2.24, 2.45) is 0 Å². The number of nitrogens with one attached hydrogen (secondary N) is 1. The van der Waals surface area contributed by atoms with Crippen LogP contribution in [0.2, 0.25) is 0 Å². The molecule has 2 aromatic carbocycles. The number of hydrogen-bond acceptors (Lipinski definition) is 4. The first kappa shape index (κ1) is 22.3. The van der Waals surface area contributed by atoms with Gasteiger partial charge in [-0.2, -0.15) is 0 Å². The van der Waals surface area contributed by atoms with Crippen LogP contribution >= 0.6 is 0 Å². The number of benzene rings is 2. The summed E-state index contributed by atoms with van der Waals surface area (Å²) in [7, 11) is 1.62. The number of rotatable bonds is 12. The Bertz CT molecular complexity index is 784.